The lowest BCUT2D eigenvalue weighted by Crippen LogP contribution is -2.49. The van der Waals surface area contributed by atoms with Gasteiger partial charge in [-0.1, -0.05) is 26.0 Å². The zero-order valence-electron chi connectivity index (χ0n) is 13.1. The standard InChI is InChI=1S/C19H25BrO/c1-18-9-3-4-13(18)12-5-6-15-17(20)16(21)8-11-19(15,2)14(12)7-10-18/h3,9,12-14H,4-8,10-11H2,1-2H3/t12-,13-,14-,18-,19+/m0/s1. The van der Waals surface area contributed by atoms with Gasteiger partial charge in [0.15, 0.2) is 5.78 Å². The summed E-state index contributed by atoms with van der Waals surface area (Å²) in [6.07, 6.45) is 13.1. The Balaban J connectivity index is 1.73. The number of hydrogen-bond donors (Lipinski definition) is 0. The molecule has 0 heterocycles. The van der Waals surface area contributed by atoms with Crippen LogP contribution in [0.1, 0.15) is 58.8 Å². The maximum Gasteiger partial charge on any atom is 0.169 e. The quantitative estimate of drug-likeness (QED) is 0.535. The van der Waals surface area contributed by atoms with Crippen molar-refractivity contribution in [2.24, 2.45) is 28.6 Å². The Bertz CT molecular complexity index is 560. The van der Waals surface area contributed by atoms with E-state index in [1.165, 1.54) is 31.3 Å². The van der Waals surface area contributed by atoms with Crippen LogP contribution in [-0.2, 0) is 4.79 Å². The molecule has 0 aromatic heterocycles. The minimum atomic E-state index is 0.277. The van der Waals surface area contributed by atoms with Gasteiger partial charge < -0.3 is 0 Å². The summed E-state index contributed by atoms with van der Waals surface area (Å²) in [5.74, 6) is 2.84. The van der Waals surface area contributed by atoms with Gasteiger partial charge in [0.05, 0.1) is 4.48 Å². The van der Waals surface area contributed by atoms with E-state index in [2.05, 4.69) is 41.9 Å². The van der Waals surface area contributed by atoms with Gasteiger partial charge in [-0.25, -0.2) is 0 Å². The summed E-state index contributed by atoms with van der Waals surface area (Å²) in [7, 11) is 0. The van der Waals surface area contributed by atoms with Crippen molar-refractivity contribution in [1.82, 2.24) is 0 Å². The second-order valence-electron chi connectivity index (χ2n) is 8.23. The fourth-order valence-electron chi connectivity index (χ4n) is 6.13. The molecule has 2 heteroatoms. The van der Waals surface area contributed by atoms with Gasteiger partial charge in [0.1, 0.15) is 0 Å². The van der Waals surface area contributed by atoms with Crippen molar-refractivity contribution in [1.29, 1.82) is 0 Å². The molecule has 0 unspecified atom stereocenters. The Morgan fingerprint density at radius 1 is 1.14 bits per heavy atom. The first kappa shape index (κ1) is 14.2. The zero-order valence-corrected chi connectivity index (χ0v) is 14.7. The van der Waals surface area contributed by atoms with Crippen molar-refractivity contribution in [2.45, 2.75) is 58.8 Å². The average molecular weight is 349 g/mol. The largest absolute Gasteiger partial charge is 0.294 e. The fourth-order valence-corrected chi connectivity index (χ4v) is 6.98. The van der Waals surface area contributed by atoms with Crippen LogP contribution in [0.25, 0.3) is 0 Å². The maximum atomic E-state index is 12.1. The molecule has 2 saturated carbocycles. The second kappa shape index (κ2) is 4.57. The third kappa shape index (κ3) is 1.84. The molecule has 0 saturated heterocycles. The van der Waals surface area contributed by atoms with E-state index in [-0.39, 0.29) is 5.41 Å². The fraction of sp³-hybridized carbons (Fsp3) is 0.737. The van der Waals surface area contributed by atoms with Gasteiger partial charge in [0.2, 0.25) is 0 Å². The molecule has 1 nitrogen and oxygen atoms in total. The van der Waals surface area contributed by atoms with Crippen molar-refractivity contribution in [3.05, 3.63) is 22.2 Å². The number of allylic oxidation sites excluding steroid dienone is 4. The van der Waals surface area contributed by atoms with Gasteiger partial charge in [-0.2, -0.15) is 0 Å². The average Bonchev–Trinajstić information content (AvgIpc) is 2.85. The molecule has 4 aliphatic rings. The van der Waals surface area contributed by atoms with E-state index in [1.54, 1.807) is 0 Å². The van der Waals surface area contributed by atoms with Crippen molar-refractivity contribution in [3.8, 4) is 0 Å². The molecular weight excluding hydrogens is 324 g/mol. The number of halogens is 1. The van der Waals surface area contributed by atoms with Crippen molar-refractivity contribution in [2.75, 3.05) is 0 Å². The highest BCUT2D eigenvalue weighted by atomic mass is 79.9. The summed E-state index contributed by atoms with van der Waals surface area (Å²) in [6, 6.07) is 0. The Hall–Kier alpha value is -0.370. The zero-order chi connectivity index (χ0) is 14.8. The van der Waals surface area contributed by atoms with Crippen LogP contribution in [0.3, 0.4) is 0 Å². The Morgan fingerprint density at radius 2 is 1.95 bits per heavy atom. The third-order valence-corrected chi connectivity index (χ3v) is 8.30. The first-order chi connectivity index (χ1) is 9.96. The van der Waals surface area contributed by atoms with E-state index in [0.717, 1.165) is 41.5 Å². The predicted molar refractivity (Wildman–Crippen MR) is 89.1 cm³/mol. The van der Waals surface area contributed by atoms with E-state index in [4.69, 9.17) is 0 Å². The van der Waals surface area contributed by atoms with Crippen molar-refractivity contribution >= 4 is 21.7 Å². The van der Waals surface area contributed by atoms with Gasteiger partial charge in [-0.3, -0.25) is 4.79 Å². The molecule has 0 spiro atoms. The van der Waals surface area contributed by atoms with Crippen LogP contribution < -0.4 is 0 Å². The normalized spacial score (nSPS) is 48.9. The van der Waals surface area contributed by atoms with Crippen LogP contribution in [0.4, 0.5) is 0 Å². The van der Waals surface area contributed by atoms with Gasteiger partial charge >= 0.3 is 0 Å². The minimum absolute atomic E-state index is 0.277. The van der Waals surface area contributed by atoms with E-state index >= 15 is 0 Å². The molecule has 21 heavy (non-hydrogen) atoms. The van der Waals surface area contributed by atoms with Crippen LogP contribution in [0, 0.1) is 28.6 Å². The highest BCUT2D eigenvalue weighted by Gasteiger charge is 2.55. The Kier molecular flexibility index (Phi) is 3.10. The summed E-state index contributed by atoms with van der Waals surface area (Å²) >= 11 is 3.63. The molecule has 5 atom stereocenters. The summed E-state index contributed by atoms with van der Waals surface area (Å²) in [4.78, 5) is 12.1. The Labute approximate surface area is 136 Å². The van der Waals surface area contributed by atoms with Crippen LogP contribution in [0.5, 0.6) is 0 Å². The lowest BCUT2D eigenvalue weighted by Gasteiger charge is -2.57. The van der Waals surface area contributed by atoms with Crippen LogP contribution in [0.15, 0.2) is 22.2 Å². The van der Waals surface area contributed by atoms with Crippen LogP contribution >= 0.6 is 15.9 Å². The molecule has 0 bridgehead atoms. The third-order valence-electron chi connectivity index (χ3n) is 7.38. The van der Waals surface area contributed by atoms with Gasteiger partial charge in [0.25, 0.3) is 0 Å². The Morgan fingerprint density at radius 3 is 2.76 bits per heavy atom. The first-order valence-corrected chi connectivity index (χ1v) is 9.35. The van der Waals surface area contributed by atoms with Crippen molar-refractivity contribution in [3.63, 3.8) is 0 Å². The summed E-state index contributed by atoms with van der Waals surface area (Å²) in [5, 5.41) is 0. The molecule has 4 aliphatic carbocycles. The van der Waals surface area contributed by atoms with Crippen LogP contribution in [0.2, 0.25) is 0 Å². The van der Waals surface area contributed by atoms with E-state index in [9.17, 15) is 4.79 Å². The molecule has 0 N–H and O–H groups in total. The highest BCUT2D eigenvalue weighted by molar-refractivity contribution is 9.12. The van der Waals surface area contributed by atoms with E-state index in [0.29, 0.717) is 11.2 Å². The monoisotopic (exact) mass is 348 g/mol. The molecule has 2 fully saturated rings. The van der Waals surface area contributed by atoms with Gasteiger partial charge in [0, 0.05) is 6.42 Å². The van der Waals surface area contributed by atoms with Crippen LogP contribution in [-0.4, -0.2) is 5.78 Å². The van der Waals surface area contributed by atoms with Gasteiger partial charge in [-0.15, -0.1) is 0 Å². The molecule has 0 aliphatic heterocycles. The lowest BCUT2D eigenvalue weighted by molar-refractivity contribution is -0.117. The summed E-state index contributed by atoms with van der Waals surface area (Å²) in [6.45, 7) is 4.93. The van der Waals surface area contributed by atoms with Crippen molar-refractivity contribution < 1.29 is 4.79 Å². The molecule has 0 aromatic carbocycles. The first-order valence-electron chi connectivity index (χ1n) is 8.56. The maximum absolute atomic E-state index is 12.1. The number of ketones is 1. The SMILES string of the molecule is C[C@@]12C=CC[C@H]1[C@@H]1CCC3=C(Br)C(=O)CC[C@]3(C)[C@H]1CC2. The van der Waals surface area contributed by atoms with E-state index in [1.807, 2.05) is 0 Å². The molecular formula is C19H25BrO. The summed E-state index contributed by atoms with van der Waals surface area (Å²) in [5.41, 5.74) is 2.19. The molecule has 0 radical (unpaired) electrons. The highest BCUT2D eigenvalue weighted by Crippen LogP contribution is 2.64. The molecule has 114 valence electrons. The molecule has 4 rings (SSSR count). The van der Waals surface area contributed by atoms with E-state index < -0.39 is 0 Å². The number of hydrogen-bond acceptors (Lipinski definition) is 1. The number of rotatable bonds is 0. The number of carbonyl (C=O) groups excluding carboxylic acids is 1. The molecule has 0 aromatic rings. The van der Waals surface area contributed by atoms with Gasteiger partial charge in [-0.05, 0) is 88.6 Å². The number of fused-ring (bicyclic) bond motifs is 5. The topological polar surface area (TPSA) is 17.1 Å². The predicted octanol–water partition coefficient (Wildman–Crippen LogP) is 5.41. The minimum Gasteiger partial charge on any atom is -0.294 e. The molecule has 0 amide bonds. The lowest BCUT2D eigenvalue weighted by atomic mass is 9.47. The number of carbonyl (C=O) groups is 1. The summed E-state index contributed by atoms with van der Waals surface area (Å²) < 4.78 is 0.938. The smallest absolute Gasteiger partial charge is 0.169 e. The number of Topliss-reactive ketones (excluding diaryl/α,β-unsaturated/α-hetero) is 1. The second-order valence-corrected chi connectivity index (χ2v) is 9.02.